The van der Waals surface area contributed by atoms with E-state index in [2.05, 4.69) is 44.7 Å². The van der Waals surface area contributed by atoms with Crippen molar-refractivity contribution < 1.29 is 75.7 Å². The molecule has 2 unspecified atom stereocenters. The van der Waals surface area contributed by atoms with Crippen LogP contribution in [0.4, 0.5) is 10.6 Å². The number of hydrogen-bond acceptors (Lipinski definition) is 16. The zero-order chi connectivity index (χ0) is 43.2. The maximum atomic E-state index is 12.7. The second kappa shape index (κ2) is 23.1. The van der Waals surface area contributed by atoms with Crippen LogP contribution in [0.15, 0.2) is 17.1 Å². The van der Waals surface area contributed by atoms with E-state index in [0.29, 0.717) is 37.7 Å². The van der Waals surface area contributed by atoms with E-state index >= 15 is 0 Å². The highest BCUT2D eigenvalue weighted by Gasteiger charge is 2.47. The Kier molecular flexibility index (Phi) is 19.3. The zero-order valence-corrected chi connectivity index (χ0v) is 35.5. The number of unbranched alkanes of at least 4 members (excludes halogenated alkanes) is 6. The number of fused-ring (bicyclic) bond motifs is 1. The minimum absolute atomic E-state index is 0.0139. The summed E-state index contributed by atoms with van der Waals surface area (Å²) in [5.74, 6) is 1.17. The smallest absolute Gasteiger partial charge is 0.387 e. The molecule has 4 rings (SSSR count). The van der Waals surface area contributed by atoms with E-state index < -0.39 is 60.3 Å². The predicted molar refractivity (Wildman–Crippen MR) is 210 cm³/mol. The van der Waals surface area contributed by atoms with Gasteiger partial charge in [-0.3, -0.25) is 18.7 Å². The average Bonchev–Trinajstić information content (AvgIpc) is 3.78. The monoisotopic (exact) mass is 921 g/mol. The number of anilines is 1. The molecule has 336 valence electrons. The Morgan fingerprint density at radius 3 is 2.12 bits per heavy atom. The van der Waals surface area contributed by atoms with Crippen LogP contribution in [0.1, 0.15) is 83.3 Å². The fourth-order valence-corrected chi connectivity index (χ4v) is 11.2. The molecule has 4 heterocycles. The first-order valence-electron chi connectivity index (χ1n) is 19.2. The van der Waals surface area contributed by atoms with Crippen LogP contribution in [0, 0.1) is 0 Å². The molecule has 3 saturated heterocycles. The van der Waals surface area contributed by atoms with E-state index in [9.17, 15) is 52.9 Å². The zero-order valence-electron chi connectivity index (χ0n) is 32.0. The summed E-state index contributed by atoms with van der Waals surface area (Å²) in [6.07, 6.45) is 3.82. The first kappa shape index (κ1) is 49.2. The van der Waals surface area contributed by atoms with Crippen molar-refractivity contribution >= 4 is 58.9 Å². The lowest BCUT2D eigenvalue weighted by Gasteiger charge is -2.19. The highest BCUT2D eigenvalue weighted by atomic mass is 32.2. The molecule has 28 heteroatoms. The van der Waals surface area contributed by atoms with Gasteiger partial charge in [0.25, 0.3) is 0 Å². The molecule has 24 nitrogen and oxygen atoms in total. The molecule has 11 N–H and O–H groups in total. The lowest BCUT2D eigenvalue weighted by Crippen LogP contribution is -2.36. The lowest BCUT2D eigenvalue weighted by molar-refractivity contribution is -0.122. The van der Waals surface area contributed by atoms with Crippen molar-refractivity contribution in [1.29, 1.82) is 0 Å². The molecule has 0 spiro atoms. The molecule has 9 atom stereocenters. The second-order valence-corrected chi connectivity index (χ2v) is 19.8. The van der Waals surface area contributed by atoms with E-state index in [4.69, 9.17) is 14.5 Å². The van der Waals surface area contributed by atoms with Crippen LogP contribution >= 0.6 is 35.2 Å². The van der Waals surface area contributed by atoms with Gasteiger partial charge in [-0.25, -0.2) is 23.3 Å². The van der Waals surface area contributed by atoms with Crippen LogP contribution in [-0.2, 0) is 41.2 Å². The van der Waals surface area contributed by atoms with Gasteiger partial charge in [-0.1, -0.05) is 25.7 Å². The molecule has 0 radical (unpaired) electrons. The van der Waals surface area contributed by atoms with Crippen LogP contribution in [0.25, 0.3) is 0 Å². The third-order valence-corrected chi connectivity index (χ3v) is 14.8. The van der Waals surface area contributed by atoms with E-state index in [1.165, 1.54) is 12.3 Å². The Morgan fingerprint density at radius 2 is 1.47 bits per heavy atom. The number of carbonyl (C=O) groups excluding carboxylic acids is 3. The molecule has 0 aliphatic carbocycles. The van der Waals surface area contributed by atoms with Crippen molar-refractivity contribution in [3.63, 3.8) is 0 Å². The number of phosphoric acid groups is 3. The van der Waals surface area contributed by atoms with Crippen LogP contribution in [0.5, 0.6) is 0 Å². The van der Waals surface area contributed by atoms with Crippen molar-refractivity contribution in [3.8, 4) is 0 Å². The number of rotatable bonds is 27. The molecule has 1 aromatic heterocycles. The number of nitrogens with zero attached hydrogens (tertiary/aromatic N) is 2. The Hall–Kier alpha value is -2.47. The summed E-state index contributed by atoms with van der Waals surface area (Å²) in [5, 5.41) is 35.9. The summed E-state index contributed by atoms with van der Waals surface area (Å²) >= 11 is 1.87. The number of nitrogens with one attached hydrogen (secondary N) is 5. The summed E-state index contributed by atoms with van der Waals surface area (Å²) in [5.41, 5.74) is -0.877. The third-order valence-electron chi connectivity index (χ3n) is 9.47. The van der Waals surface area contributed by atoms with Gasteiger partial charge in [0.05, 0.1) is 18.7 Å². The molecule has 3 aliphatic heterocycles. The number of thioether (sulfide) groups is 1. The summed E-state index contributed by atoms with van der Waals surface area (Å²) in [7, 11) is -16.9. The average molecular weight is 922 g/mol. The molecule has 4 amide bonds. The molecule has 3 aliphatic rings. The number of ether oxygens (including phenoxy) is 1. The molecule has 1 aromatic rings. The number of aromatic nitrogens is 2. The number of aliphatic hydroxyl groups excluding tert-OH is 2. The largest absolute Gasteiger partial charge is 0.490 e. The van der Waals surface area contributed by atoms with Crippen molar-refractivity contribution in [3.05, 3.63) is 22.7 Å². The van der Waals surface area contributed by atoms with Crippen LogP contribution in [0.2, 0.25) is 0 Å². The van der Waals surface area contributed by atoms with Crippen molar-refractivity contribution in [2.45, 2.75) is 119 Å². The first-order chi connectivity index (χ1) is 27.8. The third kappa shape index (κ3) is 17.1. The van der Waals surface area contributed by atoms with Gasteiger partial charge in [0.2, 0.25) is 11.8 Å². The Morgan fingerprint density at radius 1 is 0.847 bits per heavy atom. The van der Waals surface area contributed by atoms with Crippen molar-refractivity contribution in [2.24, 2.45) is 0 Å². The fraction of sp³-hybridized carbons (Fsp3) is 0.774. The van der Waals surface area contributed by atoms with Gasteiger partial charge >= 0.3 is 35.2 Å². The molecule has 59 heavy (non-hydrogen) atoms. The number of urea groups is 1. The molecule has 0 saturated carbocycles. The second-order valence-electron chi connectivity index (χ2n) is 14.2. The van der Waals surface area contributed by atoms with Crippen molar-refractivity contribution in [2.75, 3.05) is 37.3 Å². The van der Waals surface area contributed by atoms with Gasteiger partial charge in [0.1, 0.15) is 24.1 Å². The highest BCUT2D eigenvalue weighted by Crippen LogP contribution is 2.66. The molecular weight excluding hydrogens is 867 g/mol. The predicted octanol–water partition coefficient (Wildman–Crippen LogP) is 0.697. The summed E-state index contributed by atoms with van der Waals surface area (Å²) in [6, 6.07) is 1.72. The SMILES string of the molecule is O=C(CCCCCNC(=O)CCCC[C@H]1SC[C@@H]2NC(=O)N[C@@H]21)NCCCCCCNc1ccn([C@@H]2O[C@H](COP(=O)(O)OP(=O)(O)OP(=O)(O)O)[C@@H](O)[C@H]2O)c(=O)n1. The van der Waals surface area contributed by atoms with Gasteiger partial charge in [-0.15, -0.1) is 0 Å². The Labute approximate surface area is 343 Å². The standard InChI is InChI=1S/C31H54N7O17P3S/c39-24(11-4-3-9-16-34-25(40)12-6-5-10-22-26-20(19-59-22)35-30(43)37-26)33-15-8-2-1-7-14-32-23-13-17-38(31(44)36-23)29-28(42)27(41)21(53-29)18-52-57(48,49)55-58(50,51)54-56(45,46)47/h13,17,20-22,26-29,41-42H,1-12,14-16,18-19H2,(H,33,39)(H,34,40)(H,48,49)(H,50,51)(H,32,36,44)(H2,35,37,43)(H2,45,46,47)/t20-,21+,22+,26-,27+,28+,29+/m0/s1. The maximum Gasteiger partial charge on any atom is 0.490 e. The van der Waals surface area contributed by atoms with Crippen molar-refractivity contribution in [1.82, 2.24) is 30.8 Å². The number of carbonyl (C=O) groups is 3. The van der Waals surface area contributed by atoms with Gasteiger partial charge in [0.15, 0.2) is 6.23 Å². The van der Waals surface area contributed by atoms with Gasteiger partial charge in [0, 0.05) is 49.7 Å². The van der Waals surface area contributed by atoms with E-state index in [0.717, 1.165) is 74.5 Å². The van der Waals surface area contributed by atoms with Crippen LogP contribution in [0.3, 0.4) is 0 Å². The first-order valence-corrected chi connectivity index (χ1v) is 24.7. The Bertz CT molecular complexity index is 1780. The highest BCUT2D eigenvalue weighted by molar-refractivity contribution is 8.00. The maximum absolute atomic E-state index is 12.7. The Balaban J connectivity index is 0.985. The molecule has 0 aromatic carbocycles. The number of phosphoric ester groups is 1. The fourth-order valence-electron chi connectivity index (χ4n) is 6.59. The minimum atomic E-state index is -5.77. The van der Waals surface area contributed by atoms with E-state index in [1.54, 1.807) is 0 Å². The molecular formula is C31H54N7O17P3S. The van der Waals surface area contributed by atoms with Gasteiger partial charge in [-0.05, 0) is 44.6 Å². The number of amides is 4. The van der Waals surface area contributed by atoms with E-state index in [1.807, 2.05) is 11.8 Å². The van der Waals surface area contributed by atoms with E-state index in [-0.39, 0.29) is 35.7 Å². The lowest BCUT2D eigenvalue weighted by atomic mass is 10.0. The topological polar surface area (TPSA) is 356 Å². The number of hydrogen-bond donors (Lipinski definition) is 11. The summed E-state index contributed by atoms with van der Waals surface area (Å²) in [6.45, 7) is 0.577. The molecule has 0 bridgehead atoms. The molecule has 3 fully saturated rings. The summed E-state index contributed by atoms with van der Waals surface area (Å²) in [4.78, 5) is 88.5. The summed E-state index contributed by atoms with van der Waals surface area (Å²) < 4.78 is 52.1. The normalized spacial score (nSPS) is 26.0. The van der Waals surface area contributed by atoms with Crippen LogP contribution in [-0.4, -0.2) is 125 Å². The quantitative estimate of drug-likeness (QED) is 0.0329. The van der Waals surface area contributed by atoms with Gasteiger partial charge < -0.3 is 61.1 Å². The van der Waals surface area contributed by atoms with Crippen LogP contribution < -0.4 is 32.3 Å². The number of aliphatic hydroxyl groups is 2. The minimum Gasteiger partial charge on any atom is -0.387 e. The van der Waals surface area contributed by atoms with Gasteiger partial charge in [-0.2, -0.15) is 25.4 Å².